The molecule has 4 rings (SSSR count). The summed E-state index contributed by atoms with van der Waals surface area (Å²) in [5, 5.41) is 3.18. The van der Waals surface area contributed by atoms with Gasteiger partial charge in [0.25, 0.3) is 11.8 Å². The SMILES string of the molecule is CCOc1ccc(C2=C(Nc3ccc(C)c(C)c3)C(=O)N(Cc3ccc(F)cc3)C2=O)cc1. The highest BCUT2D eigenvalue weighted by Gasteiger charge is 2.39. The molecule has 168 valence electrons. The smallest absolute Gasteiger partial charge is 0.278 e. The van der Waals surface area contributed by atoms with Crippen molar-refractivity contribution in [2.75, 3.05) is 11.9 Å². The minimum Gasteiger partial charge on any atom is -0.494 e. The molecule has 0 fully saturated rings. The van der Waals surface area contributed by atoms with Gasteiger partial charge in [-0.05, 0) is 79.4 Å². The van der Waals surface area contributed by atoms with E-state index in [2.05, 4.69) is 5.32 Å². The molecule has 0 saturated carbocycles. The first kappa shape index (κ1) is 22.3. The van der Waals surface area contributed by atoms with E-state index < -0.39 is 11.8 Å². The fraction of sp³-hybridized carbons (Fsp3) is 0.185. The molecule has 0 aliphatic carbocycles. The van der Waals surface area contributed by atoms with Gasteiger partial charge in [-0.25, -0.2) is 4.39 Å². The van der Waals surface area contributed by atoms with Crippen molar-refractivity contribution in [1.82, 2.24) is 4.90 Å². The van der Waals surface area contributed by atoms with Gasteiger partial charge in [0.1, 0.15) is 17.3 Å². The molecule has 1 N–H and O–H groups in total. The number of hydrogen-bond donors (Lipinski definition) is 1. The van der Waals surface area contributed by atoms with Gasteiger partial charge in [-0.2, -0.15) is 0 Å². The van der Waals surface area contributed by atoms with Gasteiger partial charge in [-0.1, -0.05) is 30.3 Å². The summed E-state index contributed by atoms with van der Waals surface area (Å²) in [5.74, 6) is -0.514. The van der Waals surface area contributed by atoms with Crippen LogP contribution < -0.4 is 10.1 Å². The van der Waals surface area contributed by atoms with E-state index in [1.165, 1.54) is 17.0 Å². The number of carbonyl (C=O) groups is 2. The molecule has 6 heteroatoms. The van der Waals surface area contributed by atoms with Crippen LogP contribution in [0.3, 0.4) is 0 Å². The second kappa shape index (κ2) is 9.28. The van der Waals surface area contributed by atoms with E-state index in [1.54, 1.807) is 36.4 Å². The zero-order chi connectivity index (χ0) is 23.5. The standard InChI is InChI=1S/C27H25FN2O3/c1-4-33-23-13-8-20(9-14-23)24-25(29-22-12-5-17(2)18(3)15-22)27(32)30(26(24)31)16-19-6-10-21(28)11-7-19/h5-15,29H,4,16H2,1-3H3. The van der Waals surface area contributed by atoms with Gasteiger partial charge < -0.3 is 10.1 Å². The Morgan fingerprint density at radius 3 is 2.21 bits per heavy atom. The third kappa shape index (κ3) is 4.65. The second-order valence-corrected chi connectivity index (χ2v) is 7.95. The third-order valence-electron chi connectivity index (χ3n) is 5.65. The lowest BCUT2D eigenvalue weighted by Crippen LogP contribution is -2.32. The Morgan fingerprint density at radius 1 is 0.879 bits per heavy atom. The summed E-state index contributed by atoms with van der Waals surface area (Å²) in [6.07, 6.45) is 0. The monoisotopic (exact) mass is 444 g/mol. The zero-order valence-electron chi connectivity index (χ0n) is 18.8. The van der Waals surface area contributed by atoms with Crippen molar-refractivity contribution in [1.29, 1.82) is 0 Å². The van der Waals surface area contributed by atoms with Gasteiger partial charge in [0.2, 0.25) is 0 Å². The number of imide groups is 1. The van der Waals surface area contributed by atoms with Gasteiger partial charge in [0.15, 0.2) is 0 Å². The van der Waals surface area contributed by atoms with Gasteiger partial charge in [-0.3, -0.25) is 14.5 Å². The highest BCUT2D eigenvalue weighted by Crippen LogP contribution is 2.32. The number of nitrogens with one attached hydrogen (secondary N) is 1. The summed E-state index contributed by atoms with van der Waals surface area (Å²) in [5.41, 5.74) is 4.72. The number of carbonyl (C=O) groups excluding carboxylic acids is 2. The van der Waals surface area contributed by atoms with Crippen molar-refractivity contribution in [3.63, 3.8) is 0 Å². The molecular formula is C27H25FN2O3. The average Bonchev–Trinajstić information content (AvgIpc) is 3.03. The summed E-state index contributed by atoms with van der Waals surface area (Å²) in [4.78, 5) is 28.0. The van der Waals surface area contributed by atoms with Crippen molar-refractivity contribution < 1.29 is 18.7 Å². The van der Waals surface area contributed by atoms with Crippen molar-refractivity contribution in [2.24, 2.45) is 0 Å². The Labute approximate surface area is 192 Å². The highest BCUT2D eigenvalue weighted by atomic mass is 19.1. The number of hydrogen-bond acceptors (Lipinski definition) is 4. The predicted octanol–water partition coefficient (Wildman–Crippen LogP) is 5.23. The molecule has 3 aromatic rings. The van der Waals surface area contributed by atoms with E-state index in [-0.39, 0.29) is 18.1 Å². The highest BCUT2D eigenvalue weighted by molar-refractivity contribution is 6.36. The molecule has 0 radical (unpaired) electrons. The van der Waals surface area contributed by atoms with E-state index in [9.17, 15) is 14.0 Å². The minimum absolute atomic E-state index is 0.0522. The van der Waals surface area contributed by atoms with E-state index in [0.29, 0.717) is 29.1 Å². The van der Waals surface area contributed by atoms with Crippen LogP contribution in [-0.4, -0.2) is 23.3 Å². The maximum Gasteiger partial charge on any atom is 0.278 e. The topological polar surface area (TPSA) is 58.6 Å². The van der Waals surface area contributed by atoms with Crippen molar-refractivity contribution in [3.05, 3.63) is 100 Å². The minimum atomic E-state index is -0.425. The molecule has 5 nitrogen and oxygen atoms in total. The molecule has 0 aromatic heterocycles. The average molecular weight is 445 g/mol. The molecule has 0 bridgehead atoms. The second-order valence-electron chi connectivity index (χ2n) is 7.95. The van der Waals surface area contributed by atoms with Gasteiger partial charge in [-0.15, -0.1) is 0 Å². The molecule has 0 saturated heterocycles. The van der Waals surface area contributed by atoms with Crippen LogP contribution in [0.15, 0.2) is 72.4 Å². The van der Waals surface area contributed by atoms with E-state index >= 15 is 0 Å². The summed E-state index contributed by atoms with van der Waals surface area (Å²) < 4.78 is 18.8. The summed E-state index contributed by atoms with van der Waals surface area (Å²) in [6, 6.07) is 18.7. The molecular weight excluding hydrogens is 419 g/mol. The van der Waals surface area contributed by atoms with Crippen LogP contribution in [0.4, 0.5) is 10.1 Å². The quantitative estimate of drug-likeness (QED) is 0.507. The first-order valence-corrected chi connectivity index (χ1v) is 10.8. The summed E-state index contributed by atoms with van der Waals surface area (Å²) in [7, 11) is 0. The van der Waals surface area contributed by atoms with Gasteiger partial charge in [0.05, 0.1) is 18.7 Å². The first-order chi connectivity index (χ1) is 15.9. The lowest BCUT2D eigenvalue weighted by atomic mass is 10.0. The van der Waals surface area contributed by atoms with Crippen LogP contribution in [-0.2, 0) is 16.1 Å². The molecule has 0 spiro atoms. The maximum atomic E-state index is 13.4. The van der Waals surface area contributed by atoms with Crippen LogP contribution in [0.2, 0.25) is 0 Å². The van der Waals surface area contributed by atoms with Crippen LogP contribution in [0.25, 0.3) is 5.57 Å². The molecule has 2 amide bonds. The number of rotatable bonds is 7. The van der Waals surface area contributed by atoms with Gasteiger partial charge in [0, 0.05) is 5.69 Å². The molecule has 3 aromatic carbocycles. The summed E-state index contributed by atoms with van der Waals surface area (Å²) >= 11 is 0. The number of ether oxygens (including phenoxy) is 1. The summed E-state index contributed by atoms with van der Waals surface area (Å²) in [6.45, 7) is 6.48. The van der Waals surface area contributed by atoms with E-state index in [1.807, 2.05) is 39.0 Å². The number of aryl methyl sites for hydroxylation is 2. The number of benzene rings is 3. The Morgan fingerprint density at radius 2 is 1.58 bits per heavy atom. The predicted molar refractivity (Wildman–Crippen MR) is 126 cm³/mol. The normalized spacial score (nSPS) is 13.6. The number of anilines is 1. The van der Waals surface area contributed by atoms with Crippen LogP contribution in [0.1, 0.15) is 29.2 Å². The van der Waals surface area contributed by atoms with Crippen LogP contribution in [0.5, 0.6) is 5.75 Å². The zero-order valence-corrected chi connectivity index (χ0v) is 18.8. The number of nitrogens with zero attached hydrogens (tertiary/aromatic N) is 1. The lowest BCUT2D eigenvalue weighted by Gasteiger charge is -2.15. The Hall–Kier alpha value is -3.93. The molecule has 0 unspecified atom stereocenters. The van der Waals surface area contributed by atoms with Crippen molar-refractivity contribution in [2.45, 2.75) is 27.3 Å². The molecule has 1 aliphatic rings. The van der Waals surface area contributed by atoms with Gasteiger partial charge >= 0.3 is 0 Å². The molecule has 1 aliphatic heterocycles. The third-order valence-corrected chi connectivity index (χ3v) is 5.65. The fourth-order valence-corrected chi connectivity index (χ4v) is 3.72. The van der Waals surface area contributed by atoms with Crippen molar-refractivity contribution >= 4 is 23.1 Å². The maximum absolute atomic E-state index is 13.4. The Balaban J connectivity index is 1.72. The van der Waals surface area contributed by atoms with Crippen LogP contribution >= 0.6 is 0 Å². The Bertz CT molecular complexity index is 1230. The number of halogens is 1. The van der Waals surface area contributed by atoms with E-state index in [4.69, 9.17) is 4.74 Å². The molecule has 33 heavy (non-hydrogen) atoms. The van der Waals surface area contributed by atoms with E-state index in [0.717, 1.165) is 16.8 Å². The lowest BCUT2D eigenvalue weighted by molar-refractivity contribution is -0.137. The molecule has 0 atom stereocenters. The van der Waals surface area contributed by atoms with Crippen LogP contribution in [0, 0.1) is 19.7 Å². The fourth-order valence-electron chi connectivity index (χ4n) is 3.72. The number of amides is 2. The van der Waals surface area contributed by atoms with Crippen molar-refractivity contribution in [3.8, 4) is 5.75 Å². The first-order valence-electron chi connectivity index (χ1n) is 10.8. The Kier molecular flexibility index (Phi) is 6.27. The molecule has 1 heterocycles. The largest absolute Gasteiger partial charge is 0.494 e.